The molecule has 0 bridgehead atoms. The summed E-state index contributed by atoms with van der Waals surface area (Å²) in [7, 11) is 0. The molecule has 2 rings (SSSR count). The monoisotopic (exact) mass is 363 g/mol. The van der Waals surface area contributed by atoms with E-state index in [1.807, 2.05) is 0 Å². The van der Waals surface area contributed by atoms with Crippen molar-refractivity contribution in [2.75, 3.05) is 0 Å². The van der Waals surface area contributed by atoms with E-state index in [1.54, 1.807) is 26.8 Å². The van der Waals surface area contributed by atoms with Crippen LogP contribution in [0.15, 0.2) is 30.5 Å². The largest absolute Gasteiger partial charge is 0.456 e. The molecular formula is C17H21N3O6. The second kappa shape index (κ2) is 7.11. The first-order valence-electron chi connectivity index (χ1n) is 7.96. The van der Waals surface area contributed by atoms with Crippen LogP contribution >= 0.6 is 0 Å². The maximum absolute atomic E-state index is 12.0. The van der Waals surface area contributed by atoms with Crippen molar-refractivity contribution in [2.45, 2.75) is 51.4 Å². The summed E-state index contributed by atoms with van der Waals surface area (Å²) >= 11 is 0. The standard InChI is InChI=1S/C17H21N3O6/c1-9(2)15(21)25-13-11(10-7-6-8-18-14(10)20(23)24)12(13)19-16(22)26-17(3,4)5/h6-8,11-13H,1H2,2-5H3,(H,19,22). The van der Waals surface area contributed by atoms with Crippen molar-refractivity contribution in [2.24, 2.45) is 0 Å². The highest BCUT2D eigenvalue weighted by Gasteiger charge is 2.58. The molecule has 0 spiro atoms. The summed E-state index contributed by atoms with van der Waals surface area (Å²) in [4.78, 5) is 38.2. The molecule has 1 saturated carbocycles. The van der Waals surface area contributed by atoms with E-state index in [0.29, 0.717) is 0 Å². The molecule has 1 aliphatic rings. The minimum Gasteiger partial charge on any atom is -0.456 e. The number of rotatable bonds is 5. The lowest BCUT2D eigenvalue weighted by Crippen LogP contribution is -2.35. The molecule has 1 aliphatic carbocycles. The van der Waals surface area contributed by atoms with E-state index in [2.05, 4.69) is 16.9 Å². The number of ether oxygens (including phenoxy) is 2. The smallest absolute Gasteiger partial charge is 0.408 e. The summed E-state index contributed by atoms with van der Waals surface area (Å²) in [5.74, 6) is -1.58. The van der Waals surface area contributed by atoms with Crippen LogP contribution in [0.5, 0.6) is 0 Å². The van der Waals surface area contributed by atoms with Gasteiger partial charge in [-0.25, -0.2) is 9.59 Å². The number of aromatic nitrogens is 1. The van der Waals surface area contributed by atoms with E-state index >= 15 is 0 Å². The molecule has 0 saturated heterocycles. The van der Waals surface area contributed by atoms with Crippen LogP contribution in [-0.4, -0.2) is 39.7 Å². The zero-order chi connectivity index (χ0) is 19.6. The van der Waals surface area contributed by atoms with Gasteiger partial charge >= 0.3 is 17.9 Å². The summed E-state index contributed by atoms with van der Waals surface area (Å²) in [6, 6.07) is 2.41. The predicted molar refractivity (Wildman–Crippen MR) is 91.5 cm³/mol. The SMILES string of the molecule is C=C(C)C(=O)OC1C(NC(=O)OC(C)(C)C)C1c1cccnc1[N+](=O)[O-]. The number of pyridine rings is 1. The van der Waals surface area contributed by atoms with Gasteiger partial charge in [0.05, 0.1) is 17.5 Å². The fourth-order valence-corrected chi connectivity index (χ4v) is 2.46. The Morgan fingerprint density at radius 3 is 2.58 bits per heavy atom. The molecule has 1 aromatic heterocycles. The second-order valence-electron chi connectivity index (χ2n) is 7.02. The summed E-state index contributed by atoms with van der Waals surface area (Å²) in [6.45, 7) is 10.1. The minimum atomic E-state index is -0.769. The van der Waals surface area contributed by atoms with Gasteiger partial charge < -0.3 is 24.9 Å². The minimum absolute atomic E-state index is 0.187. The van der Waals surface area contributed by atoms with Crippen LogP contribution in [0.3, 0.4) is 0 Å². The fourth-order valence-electron chi connectivity index (χ4n) is 2.46. The van der Waals surface area contributed by atoms with Crippen LogP contribution in [0.4, 0.5) is 10.6 Å². The number of nitrogens with one attached hydrogen (secondary N) is 1. The molecule has 26 heavy (non-hydrogen) atoms. The van der Waals surface area contributed by atoms with E-state index in [-0.39, 0.29) is 17.0 Å². The van der Waals surface area contributed by atoms with Crippen LogP contribution in [-0.2, 0) is 14.3 Å². The summed E-state index contributed by atoms with van der Waals surface area (Å²) in [6.07, 6.45) is -0.169. The lowest BCUT2D eigenvalue weighted by Gasteiger charge is -2.19. The first-order chi connectivity index (χ1) is 12.0. The number of amides is 1. The number of hydrogen-bond donors (Lipinski definition) is 1. The van der Waals surface area contributed by atoms with Gasteiger partial charge in [-0.2, -0.15) is 0 Å². The third-order valence-electron chi connectivity index (χ3n) is 3.58. The molecule has 3 unspecified atom stereocenters. The number of nitrogens with zero attached hydrogens (tertiary/aromatic N) is 2. The van der Waals surface area contributed by atoms with E-state index in [0.717, 1.165) is 0 Å². The lowest BCUT2D eigenvalue weighted by atomic mass is 10.1. The van der Waals surface area contributed by atoms with Crippen molar-refractivity contribution in [1.29, 1.82) is 0 Å². The third-order valence-corrected chi connectivity index (χ3v) is 3.58. The molecule has 1 fully saturated rings. The molecule has 1 aromatic rings. The predicted octanol–water partition coefficient (Wildman–Crippen LogP) is 2.47. The topological polar surface area (TPSA) is 121 Å². The molecule has 0 radical (unpaired) electrons. The maximum atomic E-state index is 12.0. The van der Waals surface area contributed by atoms with Crippen molar-refractivity contribution >= 4 is 17.9 Å². The Bertz CT molecular complexity index is 755. The molecule has 140 valence electrons. The highest BCUT2D eigenvalue weighted by Crippen LogP contribution is 2.46. The average molecular weight is 363 g/mol. The van der Waals surface area contributed by atoms with Crippen molar-refractivity contribution < 1.29 is 24.0 Å². The van der Waals surface area contributed by atoms with Crippen molar-refractivity contribution in [3.63, 3.8) is 0 Å². The quantitative estimate of drug-likeness (QED) is 0.369. The van der Waals surface area contributed by atoms with E-state index in [9.17, 15) is 19.7 Å². The Kier molecular flexibility index (Phi) is 5.29. The molecule has 3 atom stereocenters. The van der Waals surface area contributed by atoms with E-state index in [4.69, 9.17) is 9.47 Å². The Labute approximate surface area is 150 Å². The Morgan fingerprint density at radius 1 is 1.38 bits per heavy atom. The molecule has 0 aliphatic heterocycles. The summed E-state index contributed by atoms with van der Waals surface area (Å²) in [5, 5.41) is 13.8. The van der Waals surface area contributed by atoms with Crippen LogP contribution < -0.4 is 5.32 Å². The Morgan fingerprint density at radius 2 is 2.04 bits per heavy atom. The maximum Gasteiger partial charge on any atom is 0.408 e. The number of carbonyl (C=O) groups is 2. The Balaban J connectivity index is 2.24. The molecular weight excluding hydrogens is 342 g/mol. The van der Waals surface area contributed by atoms with Crippen molar-refractivity contribution in [1.82, 2.24) is 10.3 Å². The zero-order valence-corrected chi connectivity index (χ0v) is 15.0. The third kappa shape index (κ3) is 4.56. The molecule has 1 amide bonds. The molecule has 9 heteroatoms. The van der Waals surface area contributed by atoms with Crippen LogP contribution in [0, 0.1) is 10.1 Å². The molecule has 1 heterocycles. The summed E-state index contributed by atoms with van der Waals surface area (Å²) in [5.41, 5.74) is -0.246. The zero-order valence-electron chi connectivity index (χ0n) is 15.0. The van der Waals surface area contributed by atoms with Crippen molar-refractivity contribution in [3.8, 4) is 0 Å². The first kappa shape index (κ1) is 19.4. The Hall–Kier alpha value is -2.97. The lowest BCUT2D eigenvalue weighted by molar-refractivity contribution is -0.390. The number of hydrogen-bond acceptors (Lipinski definition) is 7. The van der Waals surface area contributed by atoms with Gasteiger partial charge in [-0.1, -0.05) is 6.58 Å². The molecule has 1 N–H and O–H groups in total. The fraction of sp³-hybridized carbons (Fsp3) is 0.471. The number of nitro groups is 1. The van der Waals surface area contributed by atoms with Gasteiger partial charge in [0.15, 0.2) is 0 Å². The summed E-state index contributed by atoms with van der Waals surface area (Å²) < 4.78 is 10.5. The van der Waals surface area contributed by atoms with Crippen LogP contribution in [0.25, 0.3) is 0 Å². The molecule has 9 nitrogen and oxygen atoms in total. The van der Waals surface area contributed by atoms with Gasteiger partial charge in [0.25, 0.3) is 0 Å². The van der Waals surface area contributed by atoms with Gasteiger partial charge in [0.1, 0.15) is 17.9 Å². The number of carbonyl (C=O) groups excluding carboxylic acids is 2. The highest BCUT2D eigenvalue weighted by molar-refractivity contribution is 5.87. The molecule has 0 aromatic carbocycles. The average Bonchev–Trinajstić information content (AvgIpc) is 3.16. The van der Waals surface area contributed by atoms with Gasteiger partial charge in [-0.15, -0.1) is 0 Å². The van der Waals surface area contributed by atoms with Crippen molar-refractivity contribution in [3.05, 3.63) is 46.2 Å². The van der Waals surface area contributed by atoms with Gasteiger partial charge in [-0.05, 0) is 49.7 Å². The number of esters is 1. The number of alkyl carbamates (subject to hydrolysis) is 1. The van der Waals surface area contributed by atoms with E-state index < -0.39 is 40.7 Å². The van der Waals surface area contributed by atoms with Crippen LogP contribution in [0.1, 0.15) is 39.2 Å². The van der Waals surface area contributed by atoms with Gasteiger partial charge in [0, 0.05) is 5.57 Å². The van der Waals surface area contributed by atoms with Gasteiger partial charge in [-0.3, -0.25) is 0 Å². The second-order valence-corrected chi connectivity index (χ2v) is 7.02. The van der Waals surface area contributed by atoms with Gasteiger partial charge in [0.2, 0.25) is 0 Å². The van der Waals surface area contributed by atoms with E-state index in [1.165, 1.54) is 19.2 Å². The normalized spacial score (nSPS) is 21.5. The first-order valence-corrected chi connectivity index (χ1v) is 7.96. The van der Waals surface area contributed by atoms with Crippen LogP contribution in [0.2, 0.25) is 0 Å². The highest BCUT2D eigenvalue weighted by atomic mass is 16.6.